The third kappa shape index (κ3) is 4.43. The highest BCUT2D eigenvalue weighted by Gasteiger charge is 2.25. The van der Waals surface area contributed by atoms with Crippen LogP contribution in [0.4, 0.5) is 0 Å². The average molecular weight is 373 g/mol. The molecule has 0 radical (unpaired) electrons. The van der Waals surface area contributed by atoms with Gasteiger partial charge in [0, 0.05) is 32.6 Å². The molecule has 27 heavy (non-hydrogen) atoms. The van der Waals surface area contributed by atoms with E-state index in [1.165, 1.54) is 6.33 Å². The summed E-state index contributed by atoms with van der Waals surface area (Å²) in [6, 6.07) is 0. The zero-order chi connectivity index (χ0) is 18.5. The molecule has 0 amide bonds. The van der Waals surface area contributed by atoms with Crippen LogP contribution < -0.4 is 0 Å². The molecule has 4 rings (SSSR count). The van der Waals surface area contributed by atoms with Crippen molar-refractivity contribution >= 4 is 5.78 Å². The predicted octanol–water partition coefficient (Wildman–Crippen LogP) is -0.237. The van der Waals surface area contributed by atoms with E-state index in [1.54, 1.807) is 16.4 Å². The van der Waals surface area contributed by atoms with Gasteiger partial charge in [-0.15, -0.1) is 10.2 Å². The van der Waals surface area contributed by atoms with Crippen LogP contribution in [0.1, 0.15) is 23.9 Å². The van der Waals surface area contributed by atoms with E-state index in [1.807, 2.05) is 12.4 Å². The van der Waals surface area contributed by atoms with Crippen LogP contribution in [0.2, 0.25) is 0 Å². The normalized spacial score (nSPS) is 18.3. The fraction of sp³-hybridized carbons (Fsp3) is 0.625. The van der Waals surface area contributed by atoms with Crippen molar-refractivity contribution in [2.24, 2.45) is 0 Å². The molecular weight excluding hydrogens is 350 g/mol. The minimum atomic E-state index is -0.136. The lowest BCUT2D eigenvalue weighted by Gasteiger charge is -2.31. The average Bonchev–Trinajstić information content (AvgIpc) is 3.35. The van der Waals surface area contributed by atoms with Crippen LogP contribution in [0.25, 0.3) is 5.78 Å². The first-order chi connectivity index (χ1) is 13.3. The van der Waals surface area contributed by atoms with E-state index in [9.17, 15) is 0 Å². The molecule has 0 saturated carbocycles. The fourth-order valence-electron chi connectivity index (χ4n) is 3.11. The highest BCUT2D eigenvalue weighted by atomic mass is 16.5. The molecule has 0 N–H and O–H groups in total. The van der Waals surface area contributed by atoms with Gasteiger partial charge in [0.25, 0.3) is 5.78 Å². The second-order valence-corrected chi connectivity index (χ2v) is 6.47. The number of morpholine rings is 1. The number of hydrogen-bond acceptors (Lipinski definition) is 9. The molecule has 0 spiro atoms. The number of hydrogen-bond donors (Lipinski definition) is 0. The number of nitrogens with zero attached hydrogens (tertiary/aromatic N) is 9. The van der Waals surface area contributed by atoms with E-state index >= 15 is 0 Å². The Hall–Kier alpha value is -2.50. The van der Waals surface area contributed by atoms with E-state index in [0.717, 1.165) is 38.0 Å². The number of fused-ring (bicyclic) bond motifs is 1. The van der Waals surface area contributed by atoms with Crippen molar-refractivity contribution < 1.29 is 9.47 Å². The summed E-state index contributed by atoms with van der Waals surface area (Å²) in [5.74, 6) is 1.26. The van der Waals surface area contributed by atoms with Gasteiger partial charge in [0.1, 0.15) is 12.4 Å². The second kappa shape index (κ2) is 8.46. The Bertz CT molecular complexity index is 864. The van der Waals surface area contributed by atoms with Gasteiger partial charge < -0.3 is 9.47 Å². The topological polar surface area (TPSA) is 108 Å². The number of methoxy groups -OCH3 is 1. The molecule has 1 aliphatic rings. The molecule has 144 valence electrons. The standard InChI is InChI=1S/C16H23N9O2/c1-26-7-6-25-21-15(20-22-25)14-11-23(5-8-27-14)4-2-3-13-9-17-16-18-12-19-24(16)10-13/h9-10,12,14H,2-8,11H2,1H3. The van der Waals surface area contributed by atoms with E-state index in [4.69, 9.17) is 9.47 Å². The molecule has 1 unspecified atom stereocenters. The zero-order valence-electron chi connectivity index (χ0n) is 15.3. The number of ether oxygens (including phenoxy) is 2. The first kappa shape index (κ1) is 17.9. The molecule has 4 heterocycles. The number of rotatable bonds is 8. The predicted molar refractivity (Wildman–Crippen MR) is 93.9 cm³/mol. The van der Waals surface area contributed by atoms with Crippen LogP contribution >= 0.6 is 0 Å². The van der Waals surface area contributed by atoms with Crippen molar-refractivity contribution in [1.82, 2.24) is 44.7 Å². The molecule has 1 aliphatic heterocycles. The van der Waals surface area contributed by atoms with Crippen LogP contribution in [-0.2, 0) is 22.4 Å². The van der Waals surface area contributed by atoms with Gasteiger partial charge >= 0.3 is 0 Å². The Balaban J connectivity index is 1.27. The third-order valence-corrected chi connectivity index (χ3v) is 4.53. The van der Waals surface area contributed by atoms with E-state index in [-0.39, 0.29) is 6.10 Å². The SMILES string of the molecule is COCCn1nnc(C2CN(CCCc3cnc4ncnn4c3)CCO2)n1. The quantitative estimate of drug-likeness (QED) is 0.528. The van der Waals surface area contributed by atoms with Crippen LogP contribution in [0.5, 0.6) is 0 Å². The van der Waals surface area contributed by atoms with Crippen molar-refractivity contribution in [3.05, 3.63) is 30.1 Å². The van der Waals surface area contributed by atoms with Crippen molar-refractivity contribution in [2.45, 2.75) is 25.5 Å². The van der Waals surface area contributed by atoms with Gasteiger partial charge in [-0.05, 0) is 30.2 Å². The maximum Gasteiger partial charge on any atom is 0.252 e. The lowest BCUT2D eigenvalue weighted by molar-refractivity contribution is -0.0347. The van der Waals surface area contributed by atoms with Gasteiger partial charge in [-0.3, -0.25) is 4.90 Å². The molecule has 0 aromatic carbocycles. The molecule has 1 saturated heterocycles. The van der Waals surface area contributed by atoms with Gasteiger partial charge in [-0.1, -0.05) is 0 Å². The van der Waals surface area contributed by atoms with Crippen LogP contribution in [-0.4, -0.2) is 84.6 Å². The summed E-state index contributed by atoms with van der Waals surface area (Å²) in [5.41, 5.74) is 1.15. The summed E-state index contributed by atoms with van der Waals surface area (Å²) in [5, 5.41) is 16.7. The number of aromatic nitrogens is 8. The zero-order valence-corrected chi connectivity index (χ0v) is 15.3. The summed E-state index contributed by atoms with van der Waals surface area (Å²) in [6.07, 6.45) is 7.20. The first-order valence-corrected chi connectivity index (χ1v) is 9.06. The maximum absolute atomic E-state index is 5.84. The lowest BCUT2D eigenvalue weighted by atomic mass is 10.1. The van der Waals surface area contributed by atoms with Crippen molar-refractivity contribution in [3.63, 3.8) is 0 Å². The minimum absolute atomic E-state index is 0.136. The minimum Gasteiger partial charge on any atom is -0.383 e. The summed E-state index contributed by atoms with van der Waals surface area (Å²) in [6.45, 7) is 4.48. The molecule has 1 atom stereocenters. The number of aryl methyl sites for hydroxylation is 1. The Morgan fingerprint density at radius 3 is 3.19 bits per heavy atom. The molecule has 3 aromatic rings. The molecule has 11 nitrogen and oxygen atoms in total. The molecular formula is C16H23N9O2. The van der Waals surface area contributed by atoms with E-state index < -0.39 is 0 Å². The Morgan fingerprint density at radius 2 is 2.26 bits per heavy atom. The van der Waals surface area contributed by atoms with Gasteiger partial charge in [-0.25, -0.2) is 9.50 Å². The molecule has 0 aliphatic carbocycles. The highest BCUT2D eigenvalue weighted by Crippen LogP contribution is 2.18. The Labute approximate surface area is 156 Å². The molecule has 1 fully saturated rings. The van der Waals surface area contributed by atoms with Crippen molar-refractivity contribution in [3.8, 4) is 0 Å². The van der Waals surface area contributed by atoms with Gasteiger partial charge in [0.15, 0.2) is 0 Å². The van der Waals surface area contributed by atoms with Crippen molar-refractivity contribution in [2.75, 3.05) is 40.0 Å². The third-order valence-electron chi connectivity index (χ3n) is 4.53. The Morgan fingerprint density at radius 1 is 1.30 bits per heavy atom. The van der Waals surface area contributed by atoms with Gasteiger partial charge in [0.05, 0.1) is 19.8 Å². The first-order valence-electron chi connectivity index (χ1n) is 9.06. The monoisotopic (exact) mass is 373 g/mol. The molecule has 0 bridgehead atoms. The van der Waals surface area contributed by atoms with Crippen molar-refractivity contribution in [1.29, 1.82) is 0 Å². The summed E-state index contributed by atoms with van der Waals surface area (Å²) < 4.78 is 12.6. The van der Waals surface area contributed by atoms with Gasteiger partial charge in [0.2, 0.25) is 5.82 Å². The largest absolute Gasteiger partial charge is 0.383 e. The van der Waals surface area contributed by atoms with Gasteiger partial charge in [-0.2, -0.15) is 14.9 Å². The molecule has 11 heteroatoms. The maximum atomic E-state index is 5.84. The highest BCUT2D eigenvalue weighted by molar-refractivity contribution is 5.25. The summed E-state index contributed by atoms with van der Waals surface area (Å²) in [7, 11) is 1.65. The molecule has 3 aromatic heterocycles. The summed E-state index contributed by atoms with van der Waals surface area (Å²) in [4.78, 5) is 12.3. The lowest BCUT2D eigenvalue weighted by Crippen LogP contribution is -2.39. The fourth-order valence-corrected chi connectivity index (χ4v) is 3.11. The van der Waals surface area contributed by atoms with E-state index in [0.29, 0.717) is 31.4 Å². The van der Waals surface area contributed by atoms with Crippen LogP contribution in [0, 0.1) is 0 Å². The second-order valence-electron chi connectivity index (χ2n) is 6.47. The Kier molecular flexibility index (Phi) is 5.61. The van der Waals surface area contributed by atoms with E-state index in [2.05, 4.69) is 35.4 Å². The van der Waals surface area contributed by atoms with Crippen LogP contribution in [0.15, 0.2) is 18.7 Å². The summed E-state index contributed by atoms with van der Waals surface area (Å²) >= 11 is 0. The smallest absolute Gasteiger partial charge is 0.252 e. The van der Waals surface area contributed by atoms with Crippen LogP contribution in [0.3, 0.4) is 0 Å². The number of tetrazole rings is 1.